The number of ether oxygens (including phenoxy) is 2. The molecule has 20 heavy (non-hydrogen) atoms. The predicted molar refractivity (Wildman–Crippen MR) is 73.8 cm³/mol. The molecule has 0 aromatic carbocycles. The quantitative estimate of drug-likeness (QED) is 0.825. The van der Waals surface area contributed by atoms with Gasteiger partial charge in [-0.1, -0.05) is 11.6 Å². The third-order valence-electron chi connectivity index (χ3n) is 3.58. The highest BCUT2D eigenvalue weighted by Crippen LogP contribution is 2.28. The van der Waals surface area contributed by atoms with Crippen LogP contribution in [0.2, 0.25) is 5.15 Å². The zero-order chi connectivity index (χ0) is 13.9. The van der Waals surface area contributed by atoms with E-state index in [2.05, 4.69) is 15.3 Å². The van der Waals surface area contributed by atoms with Gasteiger partial charge in [-0.15, -0.1) is 0 Å². The third-order valence-corrected chi connectivity index (χ3v) is 3.78. The van der Waals surface area contributed by atoms with Gasteiger partial charge >= 0.3 is 0 Å². The Morgan fingerprint density at radius 2 is 2.20 bits per heavy atom. The van der Waals surface area contributed by atoms with Crippen LogP contribution in [0, 0.1) is 0 Å². The van der Waals surface area contributed by atoms with E-state index in [1.165, 1.54) is 0 Å². The van der Waals surface area contributed by atoms with Crippen LogP contribution < -0.4 is 5.32 Å². The van der Waals surface area contributed by atoms with Crippen LogP contribution in [0.3, 0.4) is 0 Å². The molecule has 6 nitrogen and oxygen atoms in total. The van der Waals surface area contributed by atoms with Crippen LogP contribution >= 0.6 is 11.6 Å². The molecule has 1 unspecified atom stereocenters. The van der Waals surface area contributed by atoms with Gasteiger partial charge in [-0.3, -0.25) is 0 Å². The van der Waals surface area contributed by atoms with Gasteiger partial charge in [0.2, 0.25) is 0 Å². The molecular weight excluding hydrogens is 282 g/mol. The molecule has 2 fully saturated rings. The van der Waals surface area contributed by atoms with Crippen molar-refractivity contribution >= 4 is 17.4 Å². The number of rotatable bonds is 3. The molecule has 110 valence electrons. The average Bonchev–Trinajstić information content (AvgIpc) is 2.95. The van der Waals surface area contributed by atoms with Crippen molar-refractivity contribution in [2.75, 3.05) is 25.1 Å². The van der Waals surface area contributed by atoms with Gasteiger partial charge < -0.3 is 19.9 Å². The number of anilines is 1. The fourth-order valence-electron chi connectivity index (χ4n) is 2.49. The highest BCUT2D eigenvalue weighted by molar-refractivity contribution is 6.29. The lowest BCUT2D eigenvalue weighted by molar-refractivity contribution is 0.00302. The van der Waals surface area contributed by atoms with Crippen molar-refractivity contribution in [1.82, 2.24) is 9.97 Å². The molecule has 0 radical (unpaired) electrons. The lowest BCUT2D eigenvalue weighted by Crippen LogP contribution is -2.42. The first kappa shape index (κ1) is 14.0. The second-order valence-corrected chi connectivity index (χ2v) is 5.50. The SMILES string of the molecule is O[C@@H]1CCOC[C@H]1Nc1cc(Cl)nc(C2CCCO2)n1. The van der Waals surface area contributed by atoms with Gasteiger partial charge in [-0.25, -0.2) is 9.97 Å². The standard InChI is InChI=1S/C13H18ClN3O3/c14-11-6-12(15-8-7-19-5-3-9(8)18)17-13(16-11)10-2-1-4-20-10/h6,8-10,18H,1-5,7H2,(H,15,16,17)/t8-,9-,10?/m1/s1. The van der Waals surface area contributed by atoms with Gasteiger partial charge in [0.25, 0.3) is 0 Å². The van der Waals surface area contributed by atoms with Crippen LogP contribution in [-0.2, 0) is 9.47 Å². The van der Waals surface area contributed by atoms with Crippen molar-refractivity contribution in [2.45, 2.75) is 37.5 Å². The summed E-state index contributed by atoms with van der Waals surface area (Å²) in [4.78, 5) is 8.67. The average molecular weight is 300 g/mol. The second kappa shape index (κ2) is 6.22. The second-order valence-electron chi connectivity index (χ2n) is 5.12. The van der Waals surface area contributed by atoms with Gasteiger partial charge in [0.05, 0.1) is 18.8 Å². The van der Waals surface area contributed by atoms with E-state index < -0.39 is 6.10 Å². The van der Waals surface area contributed by atoms with Crippen molar-refractivity contribution in [2.24, 2.45) is 0 Å². The van der Waals surface area contributed by atoms with Crippen LogP contribution in [0.15, 0.2) is 6.07 Å². The summed E-state index contributed by atoms with van der Waals surface area (Å²) >= 11 is 6.04. The number of hydrogen-bond acceptors (Lipinski definition) is 6. The van der Waals surface area contributed by atoms with E-state index in [4.69, 9.17) is 21.1 Å². The number of aliphatic hydroxyl groups is 1. The minimum atomic E-state index is -0.441. The summed E-state index contributed by atoms with van der Waals surface area (Å²) in [5.74, 6) is 1.20. The Labute approximate surface area is 122 Å². The van der Waals surface area contributed by atoms with Crippen molar-refractivity contribution in [3.63, 3.8) is 0 Å². The van der Waals surface area contributed by atoms with Crippen molar-refractivity contribution in [1.29, 1.82) is 0 Å². The monoisotopic (exact) mass is 299 g/mol. The predicted octanol–water partition coefficient (Wildman–Crippen LogP) is 1.54. The number of aromatic nitrogens is 2. The fourth-order valence-corrected chi connectivity index (χ4v) is 2.68. The summed E-state index contributed by atoms with van der Waals surface area (Å²) in [6.45, 7) is 1.78. The molecule has 3 rings (SSSR count). The molecular formula is C13H18ClN3O3. The summed E-state index contributed by atoms with van der Waals surface area (Å²) in [6, 6.07) is 1.48. The fraction of sp³-hybridized carbons (Fsp3) is 0.692. The van der Waals surface area contributed by atoms with Crippen LogP contribution in [-0.4, -0.2) is 47.0 Å². The van der Waals surface area contributed by atoms with Crippen LogP contribution in [0.5, 0.6) is 0 Å². The van der Waals surface area contributed by atoms with E-state index >= 15 is 0 Å². The maximum Gasteiger partial charge on any atom is 0.161 e. The summed E-state index contributed by atoms with van der Waals surface area (Å²) in [5.41, 5.74) is 0. The van der Waals surface area contributed by atoms with Crippen molar-refractivity contribution in [3.8, 4) is 0 Å². The molecule has 0 aliphatic carbocycles. The smallest absolute Gasteiger partial charge is 0.161 e. The Bertz CT molecular complexity index is 468. The summed E-state index contributed by atoms with van der Waals surface area (Å²) in [7, 11) is 0. The summed E-state index contributed by atoms with van der Waals surface area (Å²) in [6.07, 6.45) is 2.02. The largest absolute Gasteiger partial charge is 0.391 e. The third kappa shape index (κ3) is 3.20. The first-order valence-electron chi connectivity index (χ1n) is 6.91. The van der Waals surface area contributed by atoms with E-state index in [0.29, 0.717) is 36.4 Å². The highest BCUT2D eigenvalue weighted by Gasteiger charge is 2.25. The van der Waals surface area contributed by atoms with Crippen LogP contribution in [0.1, 0.15) is 31.2 Å². The Hall–Kier alpha value is -0.950. The van der Waals surface area contributed by atoms with E-state index in [-0.39, 0.29) is 12.1 Å². The van der Waals surface area contributed by atoms with Gasteiger partial charge in [-0.05, 0) is 19.3 Å². The molecule has 1 aromatic rings. The molecule has 2 N–H and O–H groups in total. The zero-order valence-electron chi connectivity index (χ0n) is 11.1. The maximum absolute atomic E-state index is 9.94. The molecule has 0 spiro atoms. The number of aliphatic hydroxyl groups excluding tert-OH is 1. The molecule has 2 aliphatic heterocycles. The Balaban J connectivity index is 1.75. The number of halogens is 1. The summed E-state index contributed by atoms with van der Waals surface area (Å²) in [5, 5.41) is 13.5. The van der Waals surface area contributed by atoms with Crippen LogP contribution in [0.25, 0.3) is 0 Å². The zero-order valence-corrected chi connectivity index (χ0v) is 11.8. The minimum Gasteiger partial charge on any atom is -0.391 e. The first-order valence-corrected chi connectivity index (χ1v) is 7.28. The molecule has 2 saturated heterocycles. The van der Waals surface area contributed by atoms with E-state index in [1.54, 1.807) is 6.07 Å². The molecule has 3 atom stereocenters. The molecule has 0 amide bonds. The Morgan fingerprint density at radius 1 is 1.30 bits per heavy atom. The summed E-state index contributed by atoms with van der Waals surface area (Å²) < 4.78 is 10.9. The van der Waals surface area contributed by atoms with Gasteiger partial charge in [-0.2, -0.15) is 0 Å². The molecule has 1 aromatic heterocycles. The lowest BCUT2D eigenvalue weighted by Gasteiger charge is -2.29. The molecule has 3 heterocycles. The highest BCUT2D eigenvalue weighted by atomic mass is 35.5. The van der Waals surface area contributed by atoms with Gasteiger partial charge in [0.1, 0.15) is 17.1 Å². The van der Waals surface area contributed by atoms with Crippen LogP contribution in [0.4, 0.5) is 5.82 Å². The number of hydrogen-bond donors (Lipinski definition) is 2. The Kier molecular flexibility index (Phi) is 4.35. The molecule has 7 heteroatoms. The molecule has 2 aliphatic rings. The normalized spacial score (nSPS) is 30.4. The van der Waals surface area contributed by atoms with Crippen molar-refractivity contribution < 1.29 is 14.6 Å². The Morgan fingerprint density at radius 3 is 2.95 bits per heavy atom. The molecule has 0 bridgehead atoms. The van der Waals surface area contributed by atoms with E-state index in [9.17, 15) is 5.11 Å². The number of nitrogens with zero attached hydrogens (tertiary/aromatic N) is 2. The van der Waals surface area contributed by atoms with Crippen molar-refractivity contribution in [3.05, 3.63) is 17.0 Å². The topological polar surface area (TPSA) is 76.5 Å². The van der Waals surface area contributed by atoms with E-state index in [0.717, 1.165) is 19.4 Å². The van der Waals surface area contributed by atoms with E-state index in [1.807, 2.05) is 0 Å². The first-order chi connectivity index (χ1) is 9.72. The number of nitrogens with one attached hydrogen (secondary N) is 1. The molecule has 0 saturated carbocycles. The maximum atomic E-state index is 9.94. The van der Waals surface area contributed by atoms with Gasteiger partial charge in [0, 0.05) is 19.3 Å². The van der Waals surface area contributed by atoms with Gasteiger partial charge in [0.15, 0.2) is 5.82 Å². The minimum absolute atomic E-state index is 0.0817. The lowest BCUT2D eigenvalue weighted by atomic mass is 10.1.